The van der Waals surface area contributed by atoms with Crippen molar-refractivity contribution in [3.63, 3.8) is 0 Å². The first kappa shape index (κ1) is 29.7. The number of benzene rings is 1. The van der Waals surface area contributed by atoms with Crippen molar-refractivity contribution in [3.05, 3.63) is 29.8 Å². The van der Waals surface area contributed by atoms with Crippen LogP contribution in [0.4, 0.5) is 5.69 Å². The van der Waals surface area contributed by atoms with E-state index in [1.54, 1.807) is 26.0 Å². The number of nitrogens with one attached hydrogen (secondary N) is 1. The van der Waals surface area contributed by atoms with Crippen molar-refractivity contribution in [1.29, 1.82) is 0 Å². The molecule has 1 rings (SSSR count). The minimum Gasteiger partial charge on any atom is -0.466 e. The molecule has 1 N–H and O–H groups in total. The molecule has 0 saturated heterocycles. The van der Waals surface area contributed by atoms with Crippen LogP contribution in [-0.2, 0) is 19.1 Å². The van der Waals surface area contributed by atoms with Crippen molar-refractivity contribution in [3.8, 4) is 0 Å². The second-order valence-corrected chi connectivity index (χ2v) is 8.70. The van der Waals surface area contributed by atoms with Gasteiger partial charge < -0.3 is 14.8 Å². The van der Waals surface area contributed by atoms with Gasteiger partial charge in [0.15, 0.2) is 5.78 Å². The molecule has 0 spiro atoms. The van der Waals surface area contributed by atoms with Crippen molar-refractivity contribution in [1.82, 2.24) is 0 Å². The maximum atomic E-state index is 12.9. The summed E-state index contributed by atoms with van der Waals surface area (Å²) in [7, 11) is 0. The lowest BCUT2D eigenvalue weighted by atomic mass is 9.93. The van der Waals surface area contributed by atoms with Crippen LogP contribution in [0.2, 0.25) is 0 Å². The zero-order valence-corrected chi connectivity index (χ0v) is 21.5. The van der Waals surface area contributed by atoms with E-state index in [0.29, 0.717) is 5.56 Å². The number of hydrogen-bond acceptors (Lipinski definition) is 6. The van der Waals surface area contributed by atoms with E-state index in [1.165, 1.54) is 57.8 Å². The van der Waals surface area contributed by atoms with E-state index < -0.39 is 17.9 Å². The molecule has 0 saturated carbocycles. The highest BCUT2D eigenvalue weighted by Crippen LogP contribution is 2.19. The first-order valence-corrected chi connectivity index (χ1v) is 13.2. The van der Waals surface area contributed by atoms with Gasteiger partial charge in [-0.25, -0.2) is 0 Å². The molecular formula is C28H45NO5. The Bertz CT molecular complexity index is 701. The van der Waals surface area contributed by atoms with E-state index in [9.17, 15) is 14.4 Å². The summed E-state index contributed by atoms with van der Waals surface area (Å²) in [6, 6.07) is 7.16. The molecule has 6 nitrogen and oxygen atoms in total. The Morgan fingerprint density at radius 3 is 1.88 bits per heavy atom. The fourth-order valence-corrected chi connectivity index (χ4v) is 3.89. The molecule has 0 bridgehead atoms. The highest BCUT2D eigenvalue weighted by Gasteiger charge is 2.29. The number of ketones is 1. The van der Waals surface area contributed by atoms with E-state index in [1.807, 2.05) is 12.1 Å². The molecular weight excluding hydrogens is 430 g/mol. The number of ether oxygens (including phenoxy) is 2. The number of carbonyl (C=O) groups is 3. The molecule has 1 aromatic rings. The van der Waals surface area contributed by atoms with Gasteiger partial charge in [-0.05, 0) is 51.0 Å². The van der Waals surface area contributed by atoms with Crippen LogP contribution in [-0.4, -0.2) is 37.5 Å². The highest BCUT2D eigenvalue weighted by atomic mass is 16.5. The molecule has 0 amide bonds. The zero-order chi connectivity index (χ0) is 25.0. The van der Waals surface area contributed by atoms with Crippen molar-refractivity contribution < 1.29 is 23.9 Å². The Balaban J connectivity index is 2.40. The van der Waals surface area contributed by atoms with Crippen LogP contribution in [0.3, 0.4) is 0 Å². The zero-order valence-electron chi connectivity index (χ0n) is 21.5. The monoisotopic (exact) mass is 475 g/mol. The topological polar surface area (TPSA) is 81.7 Å². The lowest BCUT2D eigenvalue weighted by molar-refractivity contribution is -0.147. The third-order valence-electron chi connectivity index (χ3n) is 5.86. The van der Waals surface area contributed by atoms with Crippen LogP contribution >= 0.6 is 0 Å². The lowest BCUT2D eigenvalue weighted by Crippen LogP contribution is -2.27. The summed E-state index contributed by atoms with van der Waals surface area (Å²) in [6.07, 6.45) is 13.2. The van der Waals surface area contributed by atoms with Gasteiger partial charge in [-0.3, -0.25) is 14.4 Å². The van der Waals surface area contributed by atoms with Crippen LogP contribution in [0.1, 0.15) is 108 Å². The van der Waals surface area contributed by atoms with Crippen molar-refractivity contribution >= 4 is 23.4 Å². The van der Waals surface area contributed by atoms with Gasteiger partial charge in [0.25, 0.3) is 0 Å². The molecule has 0 aliphatic carbocycles. The molecule has 0 radical (unpaired) electrons. The quantitative estimate of drug-likeness (QED) is 0.0975. The van der Waals surface area contributed by atoms with Crippen LogP contribution in [0.15, 0.2) is 24.3 Å². The minimum absolute atomic E-state index is 0.00154. The number of carbonyl (C=O) groups excluding carboxylic acids is 3. The minimum atomic E-state index is -1.00. The predicted octanol–water partition coefficient (Wildman–Crippen LogP) is 6.72. The summed E-state index contributed by atoms with van der Waals surface area (Å²) < 4.78 is 9.98. The fourth-order valence-electron chi connectivity index (χ4n) is 3.89. The van der Waals surface area contributed by atoms with Gasteiger partial charge in [-0.1, -0.05) is 64.7 Å². The largest absolute Gasteiger partial charge is 0.466 e. The van der Waals surface area contributed by atoms with Gasteiger partial charge in [0.1, 0.15) is 5.92 Å². The Morgan fingerprint density at radius 2 is 1.32 bits per heavy atom. The van der Waals surface area contributed by atoms with Gasteiger partial charge in [0, 0.05) is 24.2 Å². The van der Waals surface area contributed by atoms with E-state index in [4.69, 9.17) is 9.47 Å². The third-order valence-corrected chi connectivity index (χ3v) is 5.86. The molecule has 1 atom stereocenters. The lowest BCUT2D eigenvalue weighted by Gasteiger charge is -2.15. The summed E-state index contributed by atoms with van der Waals surface area (Å²) in [5, 5.41) is 3.40. The standard InChI is InChI=1S/C28H45NO5/c1-4-7-8-9-10-11-12-13-14-15-22-29-24-18-16-23(17-19-24)27(31)25(28(32)34-6-3)20-21-26(30)33-5-2/h16-19,25,29H,4-15,20-22H2,1-3H3. The number of hydrogen-bond donors (Lipinski definition) is 1. The summed E-state index contributed by atoms with van der Waals surface area (Å²) in [5.74, 6) is -2.35. The smallest absolute Gasteiger partial charge is 0.316 e. The Labute approximate surface area is 206 Å². The molecule has 0 heterocycles. The Kier molecular flexibility index (Phi) is 16.6. The van der Waals surface area contributed by atoms with Gasteiger partial charge in [-0.2, -0.15) is 0 Å². The fraction of sp³-hybridized carbons (Fsp3) is 0.679. The molecule has 1 aromatic carbocycles. The maximum Gasteiger partial charge on any atom is 0.316 e. The first-order chi connectivity index (χ1) is 16.5. The van der Waals surface area contributed by atoms with Gasteiger partial charge in [0.05, 0.1) is 13.2 Å². The summed E-state index contributed by atoms with van der Waals surface area (Å²) in [4.78, 5) is 36.9. The number of Topliss-reactive ketones (excluding diaryl/α,β-unsaturated/α-hetero) is 1. The molecule has 0 aliphatic rings. The molecule has 34 heavy (non-hydrogen) atoms. The number of rotatable bonds is 20. The van der Waals surface area contributed by atoms with E-state index >= 15 is 0 Å². The normalized spacial score (nSPS) is 11.6. The van der Waals surface area contributed by atoms with E-state index in [-0.39, 0.29) is 31.8 Å². The van der Waals surface area contributed by atoms with E-state index in [0.717, 1.165) is 18.7 Å². The number of unbranched alkanes of at least 4 members (excludes halogenated alkanes) is 9. The molecule has 0 aromatic heterocycles. The average molecular weight is 476 g/mol. The molecule has 192 valence electrons. The predicted molar refractivity (Wildman–Crippen MR) is 137 cm³/mol. The summed E-state index contributed by atoms with van der Waals surface area (Å²) in [6.45, 7) is 7.01. The average Bonchev–Trinajstić information content (AvgIpc) is 2.83. The van der Waals surface area contributed by atoms with Crippen LogP contribution in [0.5, 0.6) is 0 Å². The molecule has 0 fully saturated rings. The SMILES string of the molecule is CCCCCCCCCCCCNc1ccc(C(=O)C(CCC(=O)OCC)C(=O)OCC)cc1. The van der Waals surface area contributed by atoms with Crippen LogP contribution in [0.25, 0.3) is 0 Å². The second-order valence-electron chi connectivity index (χ2n) is 8.70. The van der Waals surface area contributed by atoms with Gasteiger partial charge in [0.2, 0.25) is 0 Å². The Morgan fingerprint density at radius 1 is 0.765 bits per heavy atom. The summed E-state index contributed by atoms with van der Waals surface area (Å²) >= 11 is 0. The number of esters is 2. The van der Waals surface area contributed by atoms with Gasteiger partial charge >= 0.3 is 11.9 Å². The van der Waals surface area contributed by atoms with Gasteiger partial charge in [-0.15, -0.1) is 0 Å². The summed E-state index contributed by atoms with van der Waals surface area (Å²) in [5.41, 5.74) is 1.39. The van der Waals surface area contributed by atoms with Crippen molar-refractivity contribution in [2.24, 2.45) is 5.92 Å². The second kappa shape index (κ2) is 19.0. The van der Waals surface area contributed by atoms with Crippen molar-refractivity contribution in [2.75, 3.05) is 25.1 Å². The molecule has 6 heteroatoms. The third kappa shape index (κ3) is 12.8. The van der Waals surface area contributed by atoms with Crippen LogP contribution < -0.4 is 5.32 Å². The number of anilines is 1. The highest BCUT2D eigenvalue weighted by molar-refractivity contribution is 6.08. The Hall–Kier alpha value is -2.37. The first-order valence-electron chi connectivity index (χ1n) is 13.2. The van der Waals surface area contributed by atoms with Crippen molar-refractivity contribution in [2.45, 2.75) is 97.8 Å². The maximum absolute atomic E-state index is 12.9. The molecule has 0 aliphatic heterocycles. The van der Waals surface area contributed by atoms with Crippen LogP contribution in [0, 0.1) is 5.92 Å². The van der Waals surface area contributed by atoms with E-state index in [2.05, 4.69) is 12.2 Å². The molecule has 1 unspecified atom stereocenters.